The van der Waals surface area contributed by atoms with Crippen molar-refractivity contribution in [3.63, 3.8) is 0 Å². The van der Waals surface area contributed by atoms with E-state index in [1.807, 2.05) is 19.1 Å². The van der Waals surface area contributed by atoms with Crippen LogP contribution in [0, 0.1) is 18.7 Å². The second-order valence-electron chi connectivity index (χ2n) is 6.85. The predicted octanol–water partition coefficient (Wildman–Crippen LogP) is 3.18. The maximum atomic E-state index is 13.1. The van der Waals surface area contributed by atoms with Gasteiger partial charge in [-0.15, -0.1) is 0 Å². The zero-order chi connectivity index (χ0) is 20.3. The molecule has 6 nitrogen and oxygen atoms in total. The van der Waals surface area contributed by atoms with Crippen molar-refractivity contribution in [1.29, 1.82) is 0 Å². The molecule has 8 heteroatoms. The van der Waals surface area contributed by atoms with Crippen molar-refractivity contribution in [3.05, 3.63) is 53.8 Å². The highest BCUT2D eigenvalue weighted by Crippen LogP contribution is 2.28. The summed E-state index contributed by atoms with van der Waals surface area (Å²) < 4.78 is 45.3. The molecule has 1 N–H and O–H groups in total. The first-order valence-electron chi connectivity index (χ1n) is 9.02. The molecule has 1 amide bonds. The summed E-state index contributed by atoms with van der Waals surface area (Å²) in [6.45, 7) is 2.32. The first-order chi connectivity index (χ1) is 13.3. The molecule has 0 bridgehead atoms. The Morgan fingerprint density at radius 1 is 1.21 bits per heavy atom. The first kappa shape index (κ1) is 20.3. The molecule has 1 heterocycles. The standard InChI is InChI=1S/C20H23FN2O4S/c1-14-5-10-19(27-2)18(12-14)22-20(24)15-4-3-11-23(13-15)28(25,26)17-8-6-16(21)7-9-17/h5-10,12,15H,3-4,11,13H2,1-2H3,(H,22,24)/t15-/m0/s1. The topological polar surface area (TPSA) is 75.7 Å². The Bertz CT molecular complexity index is 961. The van der Waals surface area contributed by atoms with E-state index < -0.39 is 21.8 Å². The molecule has 3 rings (SSSR count). The number of rotatable bonds is 5. The minimum absolute atomic E-state index is 0.0234. The molecule has 1 aliphatic rings. The van der Waals surface area contributed by atoms with Gasteiger partial charge in [-0.05, 0) is 61.7 Å². The van der Waals surface area contributed by atoms with E-state index >= 15 is 0 Å². The summed E-state index contributed by atoms with van der Waals surface area (Å²) in [5, 5.41) is 2.86. The Morgan fingerprint density at radius 2 is 1.93 bits per heavy atom. The number of benzene rings is 2. The van der Waals surface area contributed by atoms with Crippen LogP contribution in [0.15, 0.2) is 47.4 Å². The maximum Gasteiger partial charge on any atom is 0.243 e. The van der Waals surface area contributed by atoms with Crippen molar-refractivity contribution >= 4 is 21.6 Å². The lowest BCUT2D eigenvalue weighted by Gasteiger charge is -2.31. The van der Waals surface area contributed by atoms with Crippen molar-refractivity contribution in [2.24, 2.45) is 5.92 Å². The number of carbonyl (C=O) groups excluding carboxylic acids is 1. The summed E-state index contributed by atoms with van der Waals surface area (Å²) in [5.41, 5.74) is 1.53. The second kappa shape index (κ2) is 8.28. The Morgan fingerprint density at radius 3 is 2.61 bits per heavy atom. The summed E-state index contributed by atoms with van der Waals surface area (Å²) in [7, 11) is -2.25. The number of piperidine rings is 1. The largest absolute Gasteiger partial charge is 0.495 e. The van der Waals surface area contributed by atoms with Gasteiger partial charge in [-0.2, -0.15) is 4.31 Å². The van der Waals surface area contributed by atoms with Crippen LogP contribution in [-0.4, -0.2) is 38.8 Å². The molecule has 0 spiro atoms. The minimum atomic E-state index is -3.78. The van der Waals surface area contributed by atoms with E-state index in [0.29, 0.717) is 30.8 Å². The third-order valence-electron chi connectivity index (χ3n) is 4.82. The Labute approximate surface area is 164 Å². The fourth-order valence-electron chi connectivity index (χ4n) is 3.28. The number of amides is 1. The van der Waals surface area contributed by atoms with Gasteiger partial charge < -0.3 is 10.1 Å². The molecule has 1 fully saturated rings. The van der Waals surface area contributed by atoms with Gasteiger partial charge in [0.05, 0.1) is 23.6 Å². The highest BCUT2D eigenvalue weighted by atomic mass is 32.2. The highest BCUT2D eigenvalue weighted by molar-refractivity contribution is 7.89. The number of ether oxygens (including phenoxy) is 1. The smallest absolute Gasteiger partial charge is 0.243 e. The molecule has 0 aromatic heterocycles. The van der Waals surface area contributed by atoms with Crippen LogP contribution in [0.1, 0.15) is 18.4 Å². The lowest BCUT2D eigenvalue weighted by atomic mass is 9.98. The molecule has 0 radical (unpaired) electrons. The van der Waals surface area contributed by atoms with Gasteiger partial charge in [0.15, 0.2) is 0 Å². The highest BCUT2D eigenvalue weighted by Gasteiger charge is 2.33. The van der Waals surface area contributed by atoms with Crippen LogP contribution in [0.5, 0.6) is 5.75 Å². The summed E-state index contributed by atoms with van der Waals surface area (Å²) in [4.78, 5) is 12.8. The zero-order valence-electron chi connectivity index (χ0n) is 15.8. The number of nitrogens with one attached hydrogen (secondary N) is 1. The van der Waals surface area contributed by atoms with Crippen molar-refractivity contribution in [2.45, 2.75) is 24.7 Å². The number of halogens is 1. The molecule has 28 heavy (non-hydrogen) atoms. The molecular formula is C20H23FN2O4S. The third kappa shape index (κ3) is 4.34. The number of carbonyl (C=O) groups is 1. The second-order valence-corrected chi connectivity index (χ2v) is 8.79. The fraction of sp³-hybridized carbons (Fsp3) is 0.350. The van der Waals surface area contributed by atoms with E-state index in [1.165, 1.54) is 23.5 Å². The van der Waals surface area contributed by atoms with Gasteiger partial charge in [0.1, 0.15) is 11.6 Å². The van der Waals surface area contributed by atoms with E-state index in [9.17, 15) is 17.6 Å². The van der Waals surface area contributed by atoms with Crippen LogP contribution in [-0.2, 0) is 14.8 Å². The number of hydrogen-bond donors (Lipinski definition) is 1. The van der Waals surface area contributed by atoms with Gasteiger partial charge in [-0.1, -0.05) is 6.07 Å². The molecule has 0 aliphatic carbocycles. The van der Waals surface area contributed by atoms with E-state index in [4.69, 9.17) is 4.74 Å². The van der Waals surface area contributed by atoms with E-state index in [1.54, 1.807) is 6.07 Å². The van der Waals surface area contributed by atoms with Crippen molar-refractivity contribution < 1.29 is 22.3 Å². The quantitative estimate of drug-likeness (QED) is 0.828. The number of hydrogen-bond acceptors (Lipinski definition) is 4. The Hall–Kier alpha value is -2.45. The Kier molecular flexibility index (Phi) is 6.00. The van der Waals surface area contributed by atoms with Crippen LogP contribution >= 0.6 is 0 Å². The predicted molar refractivity (Wildman–Crippen MR) is 104 cm³/mol. The first-order valence-corrected chi connectivity index (χ1v) is 10.5. The summed E-state index contributed by atoms with van der Waals surface area (Å²) in [6.07, 6.45) is 1.17. The van der Waals surface area contributed by atoms with Crippen LogP contribution < -0.4 is 10.1 Å². The number of nitrogens with zero attached hydrogens (tertiary/aromatic N) is 1. The summed E-state index contributed by atoms with van der Waals surface area (Å²) in [6, 6.07) is 10.2. The van der Waals surface area contributed by atoms with Crippen LogP contribution in [0.4, 0.5) is 10.1 Å². The van der Waals surface area contributed by atoms with Crippen molar-refractivity contribution in [3.8, 4) is 5.75 Å². The molecule has 1 aliphatic heterocycles. The van der Waals surface area contributed by atoms with Crippen LogP contribution in [0.25, 0.3) is 0 Å². The SMILES string of the molecule is COc1ccc(C)cc1NC(=O)[C@H]1CCCN(S(=O)(=O)c2ccc(F)cc2)C1. The van der Waals surface area contributed by atoms with Gasteiger partial charge in [0.25, 0.3) is 0 Å². The fourth-order valence-corrected chi connectivity index (χ4v) is 4.81. The summed E-state index contributed by atoms with van der Waals surface area (Å²) in [5.74, 6) is -0.676. The van der Waals surface area contributed by atoms with Gasteiger partial charge >= 0.3 is 0 Å². The number of anilines is 1. The molecule has 2 aromatic rings. The Balaban J connectivity index is 1.75. The normalized spacial score (nSPS) is 17.9. The van der Waals surface area contributed by atoms with Crippen molar-refractivity contribution in [1.82, 2.24) is 4.31 Å². The minimum Gasteiger partial charge on any atom is -0.495 e. The lowest BCUT2D eigenvalue weighted by molar-refractivity contribution is -0.120. The number of methoxy groups -OCH3 is 1. The average Bonchev–Trinajstić information content (AvgIpc) is 2.68. The molecular weight excluding hydrogens is 383 g/mol. The van der Waals surface area contributed by atoms with Gasteiger partial charge in [0.2, 0.25) is 15.9 Å². The zero-order valence-corrected chi connectivity index (χ0v) is 16.6. The molecule has 0 saturated carbocycles. The average molecular weight is 406 g/mol. The molecule has 1 atom stereocenters. The summed E-state index contributed by atoms with van der Waals surface area (Å²) >= 11 is 0. The van der Waals surface area contributed by atoms with Gasteiger partial charge in [-0.25, -0.2) is 12.8 Å². The number of aryl methyl sites for hydroxylation is 1. The van der Waals surface area contributed by atoms with Crippen molar-refractivity contribution in [2.75, 3.05) is 25.5 Å². The van der Waals surface area contributed by atoms with Gasteiger partial charge in [-0.3, -0.25) is 4.79 Å². The molecule has 2 aromatic carbocycles. The van der Waals surface area contributed by atoms with E-state index in [2.05, 4.69) is 5.32 Å². The van der Waals surface area contributed by atoms with Crippen LogP contribution in [0.3, 0.4) is 0 Å². The monoisotopic (exact) mass is 406 g/mol. The third-order valence-corrected chi connectivity index (χ3v) is 6.70. The van der Waals surface area contributed by atoms with Crippen LogP contribution in [0.2, 0.25) is 0 Å². The maximum absolute atomic E-state index is 13.1. The van der Waals surface area contributed by atoms with E-state index in [-0.39, 0.29) is 17.3 Å². The van der Waals surface area contributed by atoms with E-state index in [0.717, 1.165) is 17.7 Å². The molecule has 150 valence electrons. The lowest BCUT2D eigenvalue weighted by Crippen LogP contribution is -2.43. The number of sulfonamides is 1. The van der Waals surface area contributed by atoms with Gasteiger partial charge in [0, 0.05) is 13.1 Å². The molecule has 0 unspecified atom stereocenters. The molecule has 1 saturated heterocycles.